The first-order valence-corrected chi connectivity index (χ1v) is 11.2. The van der Waals surface area contributed by atoms with Crippen LogP contribution in [0.2, 0.25) is 10.0 Å². The number of hydrogen-bond donors (Lipinski definition) is 4. The van der Waals surface area contributed by atoms with Gasteiger partial charge >= 0.3 is 6.03 Å². The molecule has 0 aliphatic rings. The summed E-state index contributed by atoms with van der Waals surface area (Å²) in [5, 5.41) is 19.4. The first-order chi connectivity index (χ1) is 16.4. The number of para-hydroxylation sites is 1. The van der Waals surface area contributed by atoms with Crippen LogP contribution in [0.25, 0.3) is 5.82 Å². The Kier molecular flexibility index (Phi) is 7.32. The molecule has 2 aromatic carbocycles. The van der Waals surface area contributed by atoms with Crippen LogP contribution in [0.3, 0.4) is 0 Å². The molecule has 4 rings (SSSR count). The van der Waals surface area contributed by atoms with Gasteiger partial charge in [-0.15, -0.1) is 0 Å². The maximum atomic E-state index is 12.5. The van der Waals surface area contributed by atoms with Gasteiger partial charge in [0.2, 0.25) is 5.95 Å². The monoisotopic (exact) mass is 496 g/mol. The molecule has 0 saturated heterocycles. The van der Waals surface area contributed by atoms with E-state index >= 15 is 0 Å². The SMILES string of the molecule is Cc1cnc(Nc2ccccc2Cl)nc1-n1ccc(NC(=O)N[C@@H](CO)c2cccc(Cl)c2)c1. The second-order valence-corrected chi connectivity index (χ2v) is 8.34. The third-order valence-corrected chi connectivity index (χ3v) is 5.56. The van der Waals surface area contributed by atoms with E-state index in [0.717, 1.165) is 5.56 Å². The molecule has 2 heterocycles. The molecule has 0 fully saturated rings. The summed E-state index contributed by atoms with van der Waals surface area (Å²) >= 11 is 12.2. The van der Waals surface area contributed by atoms with E-state index in [1.165, 1.54) is 0 Å². The largest absolute Gasteiger partial charge is 0.394 e. The fourth-order valence-electron chi connectivity index (χ4n) is 3.32. The van der Waals surface area contributed by atoms with E-state index in [0.29, 0.717) is 38.7 Å². The lowest BCUT2D eigenvalue weighted by Gasteiger charge is -2.17. The van der Waals surface area contributed by atoms with E-state index in [2.05, 4.69) is 25.9 Å². The molecule has 0 saturated carbocycles. The number of nitrogens with zero attached hydrogens (tertiary/aromatic N) is 3. The first-order valence-electron chi connectivity index (χ1n) is 10.4. The number of benzene rings is 2. The van der Waals surface area contributed by atoms with Gasteiger partial charge in [0.25, 0.3) is 0 Å². The number of rotatable bonds is 7. The van der Waals surface area contributed by atoms with Crippen molar-refractivity contribution in [2.45, 2.75) is 13.0 Å². The second kappa shape index (κ2) is 10.6. The van der Waals surface area contributed by atoms with Crippen LogP contribution in [-0.2, 0) is 0 Å². The van der Waals surface area contributed by atoms with Crippen LogP contribution in [0.1, 0.15) is 17.2 Å². The summed E-state index contributed by atoms with van der Waals surface area (Å²) in [7, 11) is 0. The Bertz CT molecular complexity index is 1310. The van der Waals surface area contributed by atoms with Crippen LogP contribution < -0.4 is 16.0 Å². The minimum atomic E-state index is -0.594. The molecule has 34 heavy (non-hydrogen) atoms. The van der Waals surface area contributed by atoms with Crippen molar-refractivity contribution < 1.29 is 9.90 Å². The Morgan fingerprint density at radius 1 is 1.15 bits per heavy atom. The molecule has 0 unspecified atom stereocenters. The summed E-state index contributed by atoms with van der Waals surface area (Å²) < 4.78 is 1.78. The lowest BCUT2D eigenvalue weighted by Crippen LogP contribution is -2.34. The molecule has 4 N–H and O–H groups in total. The summed E-state index contributed by atoms with van der Waals surface area (Å²) in [6.45, 7) is 1.63. The number of halogens is 2. The molecule has 1 atom stereocenters. The third kappa shape index (κ3) is 5.66. The van der Waals surface area contributed by atoms with E-state index in [1.54, 1.807) is 59.6 Å². The summed E-state index contributed by atoms with van der Waals surface area (Å²) in [4.78, 5) is 21.4. The van der Waals surface area contributed by atoms with Crippen LogP contribution >= 0.6 is 23.2 Å². The third-order valence-electron chi connectivity index (χ3n) is 5.00. The molecule has 10 heteroatoms. The van der Waals surface area contributed by atoms with Gasteiger partial charge in [-0.05, 0) is 42.8 Å². The molecule has 0 bridgehead atoms. The van der Waals surface area contributed by atoms with Gasteiger partial charge in [0, 0.05) is 29.2 Å². The summed E-state index contributed by atoms with van der Waals surface area (Å²) in [6, 6.07) is 15.0. The number of urea groups is 1. The quantitative estimate of drug-likeness (QED) is 0.271. The summed E-state index contributed by atoms with van der Waals surface area (Å²) in [6.07, 6.45) is 5.23. The first kappa shape index (κ1) is 23.6. The summed E-state index contributed by atoms with van der Waals surface area (Å²) in [5.41, 5.74) is 2.80. The molecule has 0 aliphatic carbocycles. The van der Waals surface area contributed by atoms with Gasteiger partial charge in [-0.2, -0.15) is 4.98 Å². The molecule has 2 aromatic heterocycles. The number of aromatic nitrogens is 3. The van der Waals surface area contributed by atoms with Crippen molar-refractivity contribution in [1.82, 2.24) is 19.9 Å². The summed E-state index contributed by atoms with van der Waals surface area (Å²) in [5.74, 6) is 1.03. The Morgan fingerprint density at radius 2 is 1.97 bits per heavy atom. The lowest BCUT2D eigenvalue weighted by molar-refractivity contribution is 0.225. The average molecular weight is 497 g/mol. The minimum Gasteiger partial charge on any atom is -0.394 e. The van der Waals surface area contributed by atoms with Gasteiger partial charge in [0.15, 0.2) is 0 Å². The molecule has 174 valence electrons. The lowest BCUT2D eigenvalue weighted by atomic mass is 10.1. The smallest absolute Gasteiger partial charge is 0.319 e. The van der Waals surface area contributed by atoms with Crippen molar-refractivity contribution >= 4 is 46.6 Å². The van der Waals surface area contributed by atoms with Crippen molar-refractivity contribution in [3.05, 3.63) is 94.4 Å². The Labute approximate surface area is 206 Å². The zero-order valence-corrected chi connectivity index (χ0v) is 19.7. The van der Waals surface area contributed by atoms with Crippen LogP contribution in [0.4, 0.5) is 22.1 Å². The number of nitrogens with one attached hydrogen (secondary N) is 3. The van der Waals surface area contributed by atoms with Crippen molar-refractivity contribution in [2.24, 2.45) is 0 Å². The molecule has 0 radical (unpaired) electrons. The zero-order chi connectivity index (χ0) is 24.1. The Balaban J connectivity index is 1.46. The molecular formula is C24H22Cl2N6O2. The molecule has 8 nitrogen and oxygen atoms in total. The molecular weight excluding hydrogens is 475 g/mol. The highest BCUT2D eigenvalue weighted by Gasteiger charge is 2.15. The molecule has 4 aromatic rings. The predicted octanol–water partition coefficient (Wildman–Crippen LogP) is 5.48. The number of aliphatic hydroxyl groups is 1. The van der Waals surface area contributed by atoms with Gasteiger partial charge in [-0.3, -0.25) is 0 Å². The highest BCUT2D eigenvalue weighted by Crippen LogP contribution is 2.24. The minimum absolute atomic E-state index is 0.268. The van der Waals surface area contributed by atoms with Crippen LogP contribution in [0.5, 0.6) is 0 Å². The van der Waals surface area contributed by atoms with E-state index in [-0.39, 0.29) is 6.61 Å². The number of carbonyl (C=O) groups excluding carboxylic acids is 1. The maximum Gasteiger partial charge on any atom is 0.319 e. The van der Waals surface area contributed by atoms with Gasteiger partial charge in [0.1, 0.15) is 5.82 Å². The Morgan fingerprint density at radius 3 is 2.74 bits per heavy atom. The van der Waals surface area contributed by atoms with Gasteiger partial charge in [-0.25, -0.2) is 9.78 Å². The number of aliphatic hydroxyl groups excluding tert-OH is 1. The van der Waals surface area contributed by atoms with E-state index in [9.17, 15) is 9.90 Å². The van der Waals surface area contributed by atoms with Crippen molar-refractivity contribution in [3.8, 4) is 5.82 Å². The highest BCUT2D eigenvalue weighted by molar-refractivity contribution is 6.33. The van der Waals surface area contributed by atoms with Crippen LogP contribution in [-0.4, -0.2) is 32.3 Å². The van der Waals surface area contributed by atoms with Crippen molar-refractivity contribution in [2.75, 3.05) is 17.2 Å². The van der Waals surface area contributed by atoms with Crippen LogP contribution in [0, 0.1) is 6.92 Å². The topological polar surface area (TPSA) is 104 Å². The predicted molar refractivity (Wildman–Crippen MR) is 134 cm³/mol. The second-order valence-electron chi connectivity index (χ2n) is 7.50. The highest BCUT2D eigenvalue weighted by atomic mass is 35.5. The van der Waals surface area contributed by atoms with Crippen molar-refractivity contribution in [3.63, 3.8) is 0 Å². The van der Waals surface area contributed by atoms with Gasteiger partial charge < -0.3 is 25.6 Å². The average Bonchev–Trinajstić information content (AvgIpc) is 3.28. The molecule has 2 amide bonds. The standard InChI is InChI=1S/C24H22Cl2N6O2/c1-15-12-27-23(29-20-8-3-2-7-19(20)26)31-22(15)32-10-9-18(13-32)28-24(34)30-21(14-33)16-5-4-6-17(25)11-16/h2-13,21,33H,14H2,1H3,(H,27,29,31)(H2,28,30,34)/t21-/m0/s1. The van der Waals surface area contributed by atoms with E-state index in [1.807, 2.05) is 25.1 Å². The van der Waals surface area contributed by atoms with Gasteiger partial charge in [0.05, 0.1) is 29.0 Å². The maximum absolute atomic E-state index is 12.5. The normalized spacial score (nSPS) is 11.6. The number of hydrogen-bond acceptors (Lipinski definition) is 5. The number of carbonyl (C=O) groups is 1. The van der Waals surface area contributed by atoms with Crippen LogP contribution in [0.15, 0.2) is 73.2 Å². The molecule has 0 spiro atoms. The van der Waals surface area contributed by atoms with Crippen molar-refractivity contribution in [1.29, 1.82) is 0 Å². The van der Waals surface area contributed by atoms with Gasteiger partial charge in [-0.1, -0.05) is 47.5 Å². The number of amides is 2. The zero-order valence-electron chi connectivity index (χ0n) is 18.2. The fourth-order valence-corrected chi connectivity index (χ4v) is 3.70. The van der Waals surface area contributed by atoms with E-state index in [4.69, 9.17) is 23.2 Å². The number of aryl methyl sites for hydroxylation is 1. The molecule has 0 aliphatic heterocycles. The fraction of sp³-hybridized carbons (Fsp3) is 0.125. The van der Waals surface area contributed by atoms with E-state index < -0.39 is 12.1 Å². The Hall–Kier alpha value is -3.59. The number of anilines is 3.